The number of benzene rings is 1. The lowest BCUT2D eigenvalue weighted by atomic mass is 9.95. The monoisotopic (exact) mass is 251 g/mol. The third-order valence-corrected chi connectivity index (χ3v) is 3.42. The maximum absolute atomic E-state index is 4.04. The van der Waals surface area contributed by atoms with Crippen molar-refractivity contribution in [2.75, 3.05) is 5.32 Å². The van der Waals surface area contributed by atoms with Gasteiger partial charge in [-0.3, -0.25) is 5.10 Å². The van der Waals surface area contributed by atoms with Crippen LogP contribution in [0.3, 0.4) is 0 Å². The van der Waals surface area contributed by atoms with E-state index in [4.69, 9.17) is 0 Å². The van der Waals surface area contributed by atoms with Crippen LogP contribution >= 0.6 is 12.4 Å². The van der Waals surface area contributed by atoms with E-state index in [0.717, 1.165) is 5.52 Å². The predicted octanol–water partition coefficient (Wildman–Crippen LogP) is 3.73. The lowest BCUT2D eigenvalue weighted by Gasteiger charge is -2.23. The van der Waals surface area contributed by atoms with Gasteiger partial charge < -0.3 is 5.32 Å². The zero-order chi connectivity index (χ0) is 10.8. The maximum Gasteiger partial charge on any atom is 0.0651 e. The van der Waals surface area contributed by atoms with Crippen LogP contribution in [0, 0.1) is 0 Å². The van der Waals surface area contributed by atoms with Crippen molar-refractivity contribution in [3.05, 3.63) is 24.4 Å². The summed E-state index contributed by atoms with van der Waals surface area (Å²) in [4.78, 5) is 0. The molecule has 0 amide bonds. The van der Waals surface area contributed by atoms with E-state index in [0.29, 0.717) is 6.04 Å². The smallest absolute Gasteiger partial charge is 0.0651 e. The van der Waals surface area contributed by atoms with Crippen LogP contribution in [0.25, 0.3) is 10.9 Å². The van der Waals surface area contributed by atoms with E-state index in [1.54, 1.807) is 0 Å². The zero-order valence-electron chi connectivity index (χ0n) is 9.78. The SMILES string of the molecule is Cl.c1cc2[nH]ncc2cc1NC1CCCCC1. The van der Waals surface area contributed by atoms with Gasteiger partial charge in [-0.1, -0.05) is 19.3 Å². The molecule has 0 spiro atoms. The molecule has 3 nitrogen and oxygen atoms in total. The first-order valence-electron chi connectivity index (χ1n) is 6.11. The van der Waals surface area contributed by atoms with Crippen LogP contribution in [0.5, 0.6) is 0 Å². The number of nitrogens with zero attached hydrogens (tertiary/aromatic N) is 1. The Morgan fingerprint density at radius 2 is 2.00 bits per heavy atom. The average Bonchev–Trinajstić information content (AvgIpc) is 2.77. The van der Waals surface area contributed by atoms with Gasteiger partial charge in [-0.15, -0.1) is 12.4 Å². The molecule has 1 heterocycles. The van der Waals surface area contributed by atoms with E-state index >= 15 is 0 Å². The summed E-state index contributed by atoms with van der Waals surface area (Å²) in [5.74, 6) is 0. The molecule has 0 radical (unpaired) electrons. The predicted molar refractivity (Wildman–Crippen MR) is 73.8 cm³/mol. The number of halogens is 1. The van der Waals surface area contributed by atoms with Crippen LogP contribution < -0.4 is 5.32 Å². The number of hydrogen-bond donors (Lipinski definition) is 2. The average molecular weight is 252 g/mol. The number of hydrogen-bond acceptors (Lipinski definition) is 2. The zero-order valence-corrected chi connectivity index (χ0v) is 10.6. The number of H-pyrrole nitrogens is 1. The number of rotatable bonds is 2. The third kappa shape index (κ3) is 2.72. The molecule has 0 aliphatic heterocycles. The standard InChI is InChI=1S/C13H17N3.ClH/c1-2-4-11(5-3-1)15-12-6-7-13-10(8-12)9-14-16-13;/h6-9,11,15H,1-5H2,(H,14,16);1H. The van der Waals surface area contributed by atoms with Gasteiger partial charge in [0.1, 0.15) is 0 Å². The van der Waals surface area contributed by atoms with Gasteiger partial charge in [-0.25, -0.2) is 0 Å². The van der Waals surface area contributed by atoms with E-state index in [1.807, 2.05) is 6.20 Å². The normalized spacial score (nSPS) is 16.7. The fourth-order valence-corrected chi connectivity index (χ4v) is 2.52. The van der Waals surface area contributed by atoms with Crippen molar-refractivity contribution in [2.45, 2.75) is 38.1 Å². The minimum Gasteiger partial charge on any atom is -0.382 e. The summed E-state index contributed by atoms with van der Waals surface area (Å²) < 4.78 is 0. The van der Waals surface area contributed by atoms with Crippen molar-refractivity contribution in [3.63, 3.8) is 0 Å². The first-order chi connectivity index (χ1) is 7.92. The second-order valence-corrected chi connectivity index (χ2v) is 4.65. The number of aromatic amines is 1. The molecule has 17 heavy (non-hydrogen) atoms. The second kappa shape index (κ2) is 5.41. The van der Waals surface area contributed by atoms with Crippen molar-refractivity contribution in [3.8, 4) is 0 Å². The molecular weight excluding hydrogens is 234 g/mol. The van der Waals surface area contributed by atoms with E-state index in [1.165, 1.54) is 43.2 Å². The summed E-state index contributed by atoms with van der Waals surface area (Å²) in [5, 5.41) is 11.8. The van der Waals surface area contributed by atoms with Crippen LogP contribution in [0.15, 0.2) is 24.4 Å². The quantitative estimate of drug-likeness (QED) is 0.854. The summed E-state index contributed by atoms with van der Waals surface area (Å²) >= 11 is 0. The Morgan fingerprint density at radius 1 is 1.18 bits per heavy atom. The Bertz CT molecular complexity index is 474. The fourth-order valence-electron chi connectivity index (χ4n) is 2.52. The van der Waals surface area contributed by atoms with Crippen molar-refractivity contribution in [1.82, 2.24) is 10.2 Å². The van der Waals surface area contributed by atoms with Crippen molar-refractivity contribution in [1.29, 1.82) is 0 Å². The molecule has 0 atom stereocenters. The van der Waals surface area contributed by atoms with Crippen molar-refractivity contribution >= 4 is 29.0 Å². The highest BCUT2D eigenvalue weighted by Gasteiger charge is 2.12. The van der Waals surface area contributed by atoms with Gasteiger partial charge in [0.15, 0.2) is 0 Å². The van der Waals surface area contributed by atoms with E-state index in [9.17, 15) is 0 Å². The molecule has 1 aliphatic carbocycles. The minimum atomic E-state index is 0. The number of aromatic nitrogens is 2. The lowest BCUT2D eigenvalue weighted by Crippen LogP contribution is -2.22. The second-order valence-electron chi connectivity index (χ2n) is 4.65. The first kappa shape index (κ1) is 12.2. The molecule has 1 aromatic carbocycles. The van der Waals surface area contributed by atoms with Crippen LogP contribution in [-0.2, 0) is 0 Å². The highest BCUT2D eigenvalue weighted by Crippen LogP contribution is 2.23. The highest BCUT2D eigenvalue weighted by atomic mass is 35.5. The number of anilines is 1. The number of nitrogens with one attached hydrogen (secondary N) is 2. The molecule has 0 bridgehead atoms. The summed E-state index contributed by atoms with van der Waals surface area (Å²) in [5.41, 5.74) is 2.33. The van der Waals surface area contributed by atoms with Crippen LogP contribution in [0.4, 0.5) is 5.69 Å². The summed E-state index contributed by atoms with van der Waals surface area (Å²) in [6, 6.07) is 7.06. The summed E-state index contributed by atoms with van der Waals surface area (Å²) in [7, 11) is 0. The fraction of sp³-hybridized carbons (Fsp3) is 0.462. The largest absolute Gasteiger partial charge is 0.382 e. The van der Waals surface area contributed by atoms with Gasteiger partial charge in [0.2, 0.25) is 0 Å². The topological polar surface area (TPSA) is 40.7 Å². The van der Waals surface area contributed by atoms with E-state index < -0.39 is 0 Å². The lowest BCUT2D eigenvalue weighted by molar-refractivity contribution is 0.463. The molecule has 1 fully saturated rings. The van der Waals surface area contributed by atoms with Crippen LogP contribution in [0.1, 0.15) is 32.1 Å². The third-order valence-electron chi connectivity index (χ3n) is 3.42. The van der Waals surface area contributed by atoms with Gasteiger partial charge in [-0.05, 0) is 31.0 Å². The molecule has 4 heteroatoms. The Balaban J connectivity index is 0.00000108. The Labute approximate surface area is 107 Å². The van der Waals surface area contributed by atoms with Gasteiger partial charge in [0, 0.05) is 17.1 Å². The first-order valence-corrected chi connectivity index (χ1v) is 6.11. The summed E-state index contributed by atoms with van der Waals surface area (Å²) in [6.07, 6.45) is 8.63. The molecule has 0 unspecified atom stereocenters. The van der Waals surface area contributed by atoms with Gasteiger partial charge >= 0.3 is 0 Å². The van der Waals surface area contributed by atoms with E-state index in [2.05, 4.69) is 33.7 Å². The minimum absolute atomic E-state index is 0. The molecule has 0 saturated heterocycles. The van der Waals surface area contributed by atoms with E-state index in [-0.39, 0.29) is 12.4 Å². The summed E-state index contributed by atoms with van der Waals surface area (Å²) in [6.45, 7) is 0. The van der Waals surface area contributed by atoms with Gasteiger partial charge in [0.25, 0.3) is 0 Å². The Kier molecular flexibility index (Phi) is 3.89. The molecule has 1 aromatic heterocycles. The van der Waals surface area contributed by atoms with Gasteiger partial charge in [0.05, 0.1) is 11.7 Å². The number of fused-ring (bicyclic) bond motifs is 1. The molecular formula is C13H18ClN3. The van der Waals surface area contributed by atoms with Crippen LogP contribution in [-0.4, -0.2) is 16.2 Å². The highest BCUT2D eigenvalue weighted by molar-refractivity contribution is 5.85. The molecule has 2 aromatic rings. The molecule has 2 N–H and O–H groups in total. The molecule has 92 valence electrons. The van der Waals surface area contributed by atoms with Crippen molar-refractivity contribution < 1.29 is 0 Å². The van der Waals surface area contributed by atoms with Gasteiger partial charge in [-0.2, -0.15) is 5.10 Å². The van der Waals surface area contributed by atoms with Crippen molar-refractivity contribution in [2.24, 2.45) is 0 Å². The Morgan fingerprint density at radius 3 is 2.82 bits per heavy atom. The molecule has 1 aliphatic rings. The van der Waals surface area contributed by atoms with Crippen LogP contribution in [0.2, 0.25) is 0 Å². The molecule has 1 saturated carbocycles. The maximum atomic E-state index is 4.04. The molecule has 3 rings (SSSR count). The Hall–Kier alpha value is -1.22.